The summed E-state index contributed by atoms with van der Waals surface area (Å²) in [5.74, 6) is 5.35. The maximum absolute atomic E-state index is 6.22. The summed E-state index contributed by atoms with van der Waals surface area (Å²) in [4.78, 5) is 0. The molecule has 0 bridgehead atoms. The predicted octanol–water partition coefficient (Wildman–Crippen LogP) is 6.09. The number of hydrogen-bond acceptors (Lipinski definition) is 1. The number of rotatable bonds is 3. The van der Waals surface area contributed by atoms with Gasteiger partial charge in [-0.1, -0.05) is 26.8 Å². The number of methoxy groups -OCH3 is 1. The van der Waals surface area contributed by atoms with Gasteiger partial charge in [-0.25, -0.2) is 0 Å². The maximum Gasteiger partial charge on any atom is 0.0638 e. The third kappa shape index (κ3) is 1.80. The van der Waals surface area contributed by atoms with Gasteiger partial charge in [0.1, 0.15) is 0 Å². The fourth-order valence-corrected chi connectivity index (χ4v) is 9.65. The van der Waals surface area contributed by atoms with E-state index in [4.69, 9.17) is 4.74 Å². The average Bonchev–Trinajstić information content (AvgIpc) is 3.12. The van der Waals surface area contributed by atoms with Crippen LogP contribution in [-0.2, 0) is 4.74 Å². The van der Waals surface area contributed by atoms with Gasteiger partial charge < -0.3 is 4.74 Å². The van der Waals surface area contributed by atoms with Crippen molar-refractivity contribution in [3.05, 3.63) is 12.7 Å². The minimum Gasteiger partial charge on any atom is -0.381 e. The zero-order valence-electron chi connectivity index (χ0n) is 16.9. The smallest absolute Gasteiger partial charge is 0.0638 e. The van der Waals surface area contributed by atoms with Gasteiger partial charge in [0.15, 0.2) is 0 Å². The summed E-state index contributed by atoms with van der Waals surface area (Å²) in [5, 5.41) is 0. The molecule has 0 amide bonds. The van der Waals surface area contributed by atoms with Gasteiger partial charge >= 0.3 is 0 Å². The topological polar surface area (TPSA) is 9.23 Å². The van der Waals surface area contributed by atoms with E-state index < -0.39 is 0 Å². The van der Waals surface area contributed by atoms with Gasteiger partial charge in [0.05, 0.1) is 6.10 Å². The van der Waals surface area contributed by atoms with Crippen LogP contribution in [0.15, 0.2) is 12.7 Å². The second-order valence-corrected chi connectivity index (χ2v) is 11.1. The Morgan fingerprint density at radius 2 is 1.88 bits per heavy atom. The molecule has 5 aliphatic rings. The van der Waals surface area contributed by atoms with Crippen LogP contribution >= 0.6 is 0 Å². The quantitative estimate of drug-likeness (QED) is 0.564. The van der Waals surface area contributed by atoms with Crippen LogP contribution in [0.2, 0.25) is 0 Å². The van der Waals surface area contributed by atoms with Gasteiger partial charge in [0, 0.05) is 12.5 Å². The van der Waals surface area contributed by atoms with Gasteiger partial charge in [0.2, 0.25) is 0 Å². The molecule has 1 heteroatoms. The van der Waals surface area contributed by atoms with Crippen LogP contribution in [0.25, 0.3) is 0 Å². The molecule has 5 saturated carbocycles. The lowest BCUT2D eigenvalue weighted by atomic mass is 9.45. The van der Waals surface area contributed by atoms with Gasteiger partial charge in [0.25, 0.3) is 0 Å². The Balaban J connectivity index is 1.50. The van der Waals surface area contributed by atoms with Crippen molar-refractivity contribution in [1.82, 2.24) is 0 Å². The van der Waals surface area contributed by atoms with Gasteiger partial charge in [-0.15, -0.1) is 6.58 Å². The highest BCUT2D eigenvalue weighted by Crippen LogP contribution is 2.82. The highest BCUT2D eigenvalue weighted by atomic mass is 16.5. The number of hydrogen-bond donors (Lipinski definition) is 0. The standard InChI is InChI=1S/C24H38O/c1-6-15(2)18-7-8-19-17-13-21(25-5)24-14-16(24)9-12-23(24,4)20(17)10-11-22(18,19)3/h6,15-21H,1,7-14H2,2-5H3/t15-,16?,17+,18-,19+,20+,21-,22-,23-,24?/m1/s1. The number of allylic oxidation sites excluding steroid dienone is 1. The molecule has 1 nitrogen and oxygen atoms in total. The SMILES string of the molecule is C=C[C@@H](C)[C@H]1CC[C@H]2[C@@H]3C[C@@H](OC)C45CC4CC[C@]5(C)[C@H]3CC[C@]12C. The lowest BCUT2D eigenvalue weighted by Gasteiger charge is -2.61. The van der Waals surface area contributed by atoms with E-state index in [1.54, 1.807) is 0 Å². The summed E-state index contributed by atoms with van der Waals surface area (Å²) in [7, 11) is 2.01. The molecule has 0 aromatic heterocycles. The van der Waals surface area contributed by atoms with Crippen LogP contribution in [0.3, 0.4) is 0 Å². The second kappa shape index (κ2) is 5.15. The fourth-order valence-electron chi connectivity index (χ4n) is 9.65. The van der Waals surface area contributed by atoms with Crippen LogP contribution < -0.4 is 0 Å². The molecule has 140 valence electrons. The fraction of sp³-hybridized carbons (Fsp3) is 0.917. The number of fused-ring (bicyclic) bond motifs is 4. The first kappa shape index (κ1) is 16.8. The zero-order valence-corrected chi connectivity index (χ0v) is 16.9. The molecular weight excluding hydrogens is 304 g/mol. The molecular formula is C24H38O. The van der Waals surface area contributed by atoms with Crippen LogP contribution in [0.5, 0.6) is 0 Å². The zero-order chi connectivity index (χ0) is 17.6. The van der Waals surface area contributed by atoms with E-state index in [0.717, 1.165) is 29.6 Å². The summed E-state index contributed by atoms with van der Waals surface area (Å²) in [5.41, 5.74) is 1.70. The Labute approximate surface area is 155 Å². The summed E-state index contributed by atoms with van der Waals surface area (Å²) in [6.45, 7) is 11.9. The Bertz CT molecular complexity index is 583. The van der Waals surface area contributed by atoms with E-state index in [1.165, 1.54) is 51.4 Å². The Hall–Kier alpha value is -0.300. The molecule has 1 spiro atoms. The minimum absolute atomic E-state index is 0.546. The van der Waals surface area contributed by atoms with Crippen LogP contribution in [0.1, 0.15) is 72.1 Å². The summed E-state index contributed by atoms with van der Waals surface area (Å²) in [6, 6.07) is 0. The highest BCUT2D eigenvalue weighted by molar-refractivity contribution is 5.26. The normalized spacial score (nSPS) is 60.2. The molecule has 5 fully saturated rings. The molecule has 25 heavy (non-hydrogen) atoms. The molecule has 0 radical (unpaired) electrons. The van der Waals surface area contributed by atoms with Crippen molar-refractivity contribution in [2.45, 2.75) is 78.2 Å². The van der Waals surface area contributed by atoms with Crippen molar-refractivity contribution in [3.8, 4) is 0 Å². The Morgan fingerprint density at radius 1 is 1.08 bits per heavy atom. The van der Waals surface area contributed by atoms with E-state index in [-0.39, 0.29) is 0 Å². The van der Waals surface area contributed by atoms with Crippen LogP contribution in [-0.4, -0.2) is 13.2 Å². The van der Waals surface area contributed by atoms with E-state index in [0.29, 0.717) is 28.3 Å². The molecule has 0 aromatic carbocycles. The van der Waals surface area contributed by atoms with Crippen molar-refractivity contribution in [1.29, 1.82) is 0 Å². The third-order valence-electron chi connectivity index (χ3n) is 10.9. The molecule has 2 unspecified atom stereocenters. The van der Waals surface area contributed by atoms with Crippen molar-refractivity contribution in [2.24, 2.45) is 51.8 Å². The molecule has 0 aromatic rings. The monoisotopic (exact) mass is 342 g/mol. The summed E-state index contributed by atoms with van der Waals surface area (Å²) >= 11 is 0. The second-order valence-electron chi connectivity index (χ2n) is 11.1. The third-order valence-corrected chi connectivity index (χ3v) is 10.9. The molecule has 0 heterocycles. The molecule has 5 aliphatic carbocycles. The lowest BCUT2D eigenvalue weighted by Crippen LogP contribution is -2.57. The molecule has 5 rings (SSSR count). The lowest BCUT2D eigenvalue weighted by molar-refractivity contribution is -0.160. The van der Waals surface area contributed by atoms with Crippen molar-refractivity contribution in [3.63, 3.8) is 0 Å². The molecule has 0 aliphatic heterocycles. The van der Waals surface area contributed by atoms with Crippen LogP contribution in [0.4, 0.5) is 0 Å². The van der Waals surface area contributed by atoms with Gasteiger partial charge in [-0.2, -0.15) is 0 Å². The summed E-state index contributed by atoms with van der Waals surface area (Å²) < 4.78 is 6.22. The van der Waals surface area contributed by atoms with E-state index in [2.05, 4.69) is 33.4 Å². The minimum atomic E-state index is 0.546. The summed E-state index contributed by atoms with van der Waals surface area (Å²) in [6.07, 6.45) is 14.4. The molecule has 10 atom stereocenters. The predicted molar refractivity (Wildman–Crippen MR) is 103 cm³/mol. The first-order valence-electron chi connectivity index (χ1n) is 11.1. The van der Waals surface area contributed by atoms with Crippen LogP contribution in [0, 0.1) is 51.8 Å². The van der Waals surface area contributed by atoms with E-state index >= 15 is 0 Å². The van der Waals surface area contributed by atoms with E-state index in [1.807, 2.05) is 7.11 Å². The Morgan fingerprint density at radius 3 is 2.56 bits per heavy atom. The van der Waals surface area contributed by atoms with Crippen molar-refractivity contribution < 1.29 is 4.74 Å². The maximum atomic E-state index is 6.22. The Kier molecular flexibility index (Phi) is 3.47. The number of ether oxygens (including phenoxy) is 1. The molecule has 0 saturated heterocycles. The molecule has 0 N–H and O–H groups in total. The van der Waals surface area contributed by atoms with Gasteiger partial charge in [-0.05, 0) is 97.7 Å². The largest absolute Gasteiger partial charge is 0.381 e. The highest BCUT2D eigenvalue weighted by Gasteiger charge is 2.77. The van der Waals surface area contributed by atoms with Gasteiger partial charge in [-0.3, -0.25) is 0 Å². The van der Waals surface area contributed by atoms with Crippen molar-refractivity contribution >= 4 is 0 Å². The first-order chi connectivity index (χ1) is 11.9. The van der Waals surface area contributed by atoms with E-state index in [9.17, 15) is 0 Å². The average molecular weight is 343 g/mol. The first-order valence-corrected chi connectivity index (χ1v) is 11.1. The van der Waals surface area contributed by atoms with Crippen molar-refractivity contribution in [2.75, 3.05) is 7.11 Å².